The van der Waals surface area contributed by atoms with Gasteiger partial charge in [-0.15, -0.1) is 0 Å². The molecule has 0 radical (unpaired) electrons. The van der Waals surface area contributed by atoms with Gasteiger partial charge in [0, 0.05) is 0 Å². The molecule has 0 atom stereocenters. The molecule has 0 aliphatic rings. The standard InChI is InChI=1S/C12H10.CH3.Na/c1-3-7-11(8-4-1)12-9-5-2-6-10-12;;/h1-10H;1H3;/q;-1;+1. The van der Waals surface area contributed by atoms with Crippen LogP contribution in [-0.2, 0) is 0 Å². The molecule has 66 valence electrons. The van der Waals surface area contributed by atoms with E-state index in [1.807, 2.05) is 12.1 Å². The van der Waals surface area contributed by atoms with Crippen molar-refractivity contribution in [1.29, 1.82) is 0 Å². The maximum absolute atomic E-state index is 2.12. The molecule has 0 saturated carbocycles. The Hall–Kier alpha value is -0.560. The second-order valence-electron chi connectivity index (χ2n) is 2.73. The van der Waals surface area contributed by atoms with Crippen LogP contribution in [0, 0.1) is 7.43 Å². The van der Waals surface area contributed by atoms with Crippen LogP contribution in [0.15, 0.2) is 60.7 Å². The van der Waals surface area contributed by atoms with Gasteiger partial charge in [0.25, 0.3) is 0 Å². The fourth-order valence-electron chi connectivity index (χ4n) is 1.26. The van der Waals surface area contributed by atoms with Crippen molar-refractivity contribution in [3.8, 4) is 11.1 Å². The second kappa shape index (κ2) is 6.83. The molecular weight excluding hydrogens is 179 g/mol. The summed E-state index contributed by atoms with van der Waals surface area (Å²) >= 11 is 0. The largest absolute Gasteiger partial charge is 1.00 e. The fourth-order valence-corrected chi connectivity index (χ4v) is 1.26. The number of hydrogen-bond donors (Lipinski definition) is 0. The van der Waals surface area contributed by atoms with Gasteiger partial charge in [-0.3, -0.25) is 0 Å². The Morgan fingerprint density at radius 1 is 0.500 bits per heavy atom. The van der Waals surface area contributed by atoms with E-state index in [4.69, 9.17) is 0 Å². The van der Waals surface area contributed by atoms with Crippen molar-refractivity contribution >= 4 is 0 Å². The van der Waals surface area contributed by atoms with Crippen LogP contribution >= 0.6 is 0 Å². The van der Waals surface area contributed by atoms with Crippen LogP contribution in [-0.4, -0.2) is 0 Å². The molecular formula is C13H13Na. The summed E-state index contributed by atoms with van der Waals surface area (Å²) in [5, 5.41) is 0. The first kappa shape index (κ1) is 13.4. The van der Waals surface area contributed by atoms with Crippen LogP contribution in [0.5, 0.6) is 0 Å². The van der Waals surface area contributed by atoms with E-state index in [0.29, 0.717) is 0 Å². The third-order valence-corrected chi connectivity index (χ3v) is 1.88. The molecule has 0 aliphatic heterocycles. The predicted octanol–water partition coefficient (Wildman–Crippen LogP) is 0.808. The zero-order valence-corrected chi connectivity index (χ0v) is 10.8. The van der Waals surface area contributed by atoms with Gasteiger partial charge in [0.15, 0.2) is 0 Å². The van der Waals surface area contributed by atoms with Gasteiger partial charge < -0.3 is 7.43 Å². The van der Waals surface area contributed by atoms with Gasteiger partial charge in [-0.1, -0.05) is 60.7 Å². The van der Waals surface area contributed by atoms with Crippen molar-refractivity contribution < 1.29 is 29.6 Å². The molecule has 0 saturated heterocycles. The monoisotopic (exact) mass is 192 g/mol. The Bertz CT molecular complexity index is 303. The first-order valence-electron chi connectivity index (χ1n) is 4.07. The molecule has 0 spiro atoms. The van der Waals surface area contributed by atoms with Crippen molar-refractivity contribution in [2.45, 2.75) is 0 Å². The summed E-state index contributed by atoms with van der Waals surface area (Å²) < 4.78 is 0. The molecule has 2 aromatic rings. The van der Waals surface area contributed by atoms with Crippen molar-refractivity contribution in [1.82, 2.24) is 0 Å². The maximum atomic E-state index is 2.12. The Labute approximate surface area is 108 Å². The van der Waals surface area contributed by atoms with Crippen molar-refractivity contribution in [3.05, 3.63) is 68.1 Å². The fraction of sp³-hybridized carbons (Fsp3) is 0. The summed E-state index contributed by atoms with van der Waals surface area (Å²) in [4.78, 5) is 0. The van der Waals surface area contributed by atoms with Crippen LogP contribution in [0.25, 0.3) is 11.1 Å². The molecule has 0 N–H and O–H groups in total. The zero-order valence-electron chi connectivity index (χ0n) is 8.77. The van der Waals surface area contributed by atoms with E-state index in [1.165, 1.54) is 11.1 Å². The van der Waals surface area contributed by atoms with Crippen LogP contribution < -0.4 is 29.6 Å². The van der Waals surface area contributed by atoms with Crippen LogP contribution in [0.3, 0.4) is 0 Å². The van der Waals surface area contributed by atoms with Crippen LogP contribution in [0.4, 0.5) is 0 Å². The molecule has 0 fully saturated rings. The minimum atomic E-state index is 0. The van der Waals surface area contributed by atoms with Crippen LogP contribution in [0.2, 0.25) is 0 Å². The van der Waals surface area contributed by atoms with E-state index in [-0.39, 0.29) is 37.0 Å². The number of rotatable bonds is 1. The second-order valence-corrected chi connectivity index (χ2v) is 2.73. The predicted molar refractivity (Wildman–Crippen MR) is 58.3 cm³/mol. The number of hydrogen-bond acceptors (Lipinski definition) is 0. The molecule has 0 aliphatic carbocycles. The Balaban J connectivity index is 0.000000845. The first-order valence-corrected chi connectivity index (χ1v) is 4.07. The topological polar surface area (TPSA) is 0 Å². The SMILES string of the molecule is [CH3-].[Na+].c1ccc(-c2ccccc2)cc1. The molecule has 0 bridgehead atoms. The van der Waals surface area contributed by atoms with E-state index >= 15 is 0 Å². The Morgan fingerprint density at radius 2 is 0.786 bits per heavy atom. The van der Waals surface area contributed by atoms with Gasteiger partial charge in [0.2, 0.25) is 0 Å². The summed E-state index contributed by atoms with van der Waals surface area (Å²) in [6, 6.07) is 20.8. The average molecular weight is 192 g/mol. The summed E-state index contributed by atoms with van der Waals surface area (Å²) in [5.41, 5.74) is 2.55. The summed E-state index contributed by atoms with van der Waals surface area (Å²) in [6.45, 7) is 0. The Morgan fingerprint density at radius 3 is 1.07 bits per heavy atom. The molecule has 1 heteroatoms. The number of benzene rings is 2. The minimum Gasteiger partial charge on any atom is -0.358 e. The summed E-state index contributed by atoms with van der Waals surface area (Å²) in [7, 11) is 0. The van der Waals surface area contributed by atoms with Crippen molar-refractivity contribution in [2.75, 3.05) is 0 Å². The van der Waals surface area contributed by atoms with Crippen molar-refractivity contribution in [3.63, 3.8) is 0 Å². The maximum Gasteiger partial charge on any atom is 1.00 e. The van der Waals surface area contributed by atoms with Gasteiger partial charge in [-0.05, 0) is 11.1 Å². The van der Waals surface area contributed by atoms with E-state index in [0.717, 1.165) is 0 Å². The zero-order chi connectivity index (χ0) is 8.23. The normalized spacial score (nSPS) is 8.29. The van der Waals surface area contributed by atoms with Gasteiger partial charge in [0.1, 0.15) is 0 Å². The average Bonchev–Trinajstić information content (AvgIpc) is 2.21. The molecule has 0 unspecified atom stereocenters. The molecule has 2 aromatic carbocycles. The van der Waals surface area contributed by atoms with Gasteiger partial charge in [-0.2, -0.15) is 0 Å². The van der Waals surface area contributed by atoms with E-state index in [9.17, 15) is 0 Å². The van der Waals surface area contributed by atoms with Crippen molar-refractivity contribution in [2.24, 2.45) is 0 Å². The van der Waals surface area contributed by atoms with E-state index in [1.54, 1.807) is 0 Å². The minimum absolute atomic E-state index is 0. The quantitative estimate of drug-likeness (QED) is 0.463. The third-order valence-electron chi connectivity index (χ3n) is 1.88. The molecule has 2 rings (SSSR count). The van der Waals surface area contributed by atoms with Gasteiger partial charge in [0.05, 0.1) is 0 Å². The van der Waals surface area contributed by atoms with E-state index < -0.39 is 0 Å². The van der Waals surface area contributed by atoms with Gasteiger partial charge >= 0.3 is 29.6 Å². The van der Waals surface area contributed by atoms with Crippen LogP contribution in [0.1, 0.15) is 0 Å². The molecule has 0 heterocycles. The smallest absolute Gasteiger partial charge is 0.358 e. The van der Waals surface area contributed by atoms with E-state index in [2.05, 4.69) is 48.5 Å². The summed E-state index contributed by atoms with van der Waals surface area (Å²) in [5.74, 6) is 0. The summed E-state index contributed by atoms with van der Waals surface area (Å²) in [6.07, 6.45) is 0. The van der Waals surface area contributed by atoms with Gasteiger partial charge in [-0.25, -0.2) is 0 Å². The third kappa shape index (κ3) is 3.30. The molecule has 0 nitrogen and oxygen atoms in total. The molecule has 0 amide bonds. The molecule has 0 aromatic heterocycles. The molecule has 14 heavy (non-hydrogen) atoms. The Kier molecular flexibility index (Phi) is 6.56. The first-order chi connectivity index (χ1) is 5.97.